The summed E-state index contributed by atoms with van der Waals surface area (Å²) in [6.45, 7) is 3.37. The average molecular weight is 222 g/mol. The summed E-state index contributed by atoms with van der Waals surface area (Å²) in [7, 11) is 0. The van der Waals surface area contributed by atoms with Crippen LogP contribution >= 0.6 is 0 Å². The molecule has 2 rings (SSSR count). The number of aliphatic hydroxyl groups is 1. The first-order valence-corrected chi connectivity index (χ1v) is 5.82. The van der Waals surface area contributed by atoms with Gasteiger partial charge in [-0.3, -0.25) is 0 Å². The summed E-state index contributed by atoms with van der Waals surface area (Å²) in [6.07, 6.45) is 1.31. The highest BCUT2D eigenvalue weighted by atomic mass is 16.5. The summed E-state index contributed by atoms with van der Waals surface area (Å²) in [5, 5.41) is 9.87. The van der Waals surface area contributed by atoms with Crippen molar-refractivity contribution >= 4 is 0 Å². The van der Waals surface area contributed by atoms with Gasteiger partial charge in [0.1, 0.15) is 11.9 Å². The van der Waals surface area contributed by atoms with Crippen LogP contribution in [0.25, 0.3) is 0 Å². The molecule has 1 N–H and O–H groups in total. The van der Waals surface area contributed by atoms with Gasteiger partial charge in [0.05, 0.1) is 19.3 Å². The van der Waals surface area contributed by atoms with Gasteiger partial charge in [-0.05, 0) is 12.5 Å². The number of hydrogen-bond acceptors (Lipinski definition) is 3. The minimum atomic E-state index is -0.446. The summed E-state index contributed by atoms with van der Waals surface area (Å²) in [5.74, 6) is 0.785. The highest BCUT2D eigenvalue weighted by Crippen LogP contribution is 2.28. The Balaban J connectivity index is 2.12. The van der Waals surface area contributed by atoms with E-state index in [9.17, 15) is 5.11 Å². The molecule has 1 aromatic carbocycles. The summed E-state index contributed by atoms with van der Waals surface area (Å²) >= 11 is 0. The molecule has 0 amide bonds. The van der Waals surface area contributed by atoms with E-state index >= 15 is 0 Å². The fourth-order valence-corrected chi connectivity index (χ4v) is 1.87. The van der Waals surface area contributed by atoms with Crippen LogP contribution in [-0.4, -0.2) is 24.4 Å². The van der Waals surface area contributed by atoms with E-state index in [1.54, 1.807) is 0 Å². The third-order valence-corrected chi connectivity index (χ3v) is 2.85. The molecule has 1 aliphatic rings. The molecule has 16 heavy (non-hydrogen) atoms. The standard InChI is InChI=1S/C13H18O3/c1-2-12(14)11-5-3-4-6-13(11)16-10-7-8-15-9-10/h3-6,10,12,14H,2,7-9H2,1H3/t10?,12-/m0/s1. The van der Waals surface area contributed by atoms with E-state index in [0.717, 1.165) is 24.3 Å². The van der Waals surface area contributed by atoms with E-state index in [1.165, 1.54) is 0 Å². The first-order valence-electron chi connectivity index (χ1n) is 5.82. The van der Waals surface area contributed by atoms with Gasteiger partial charge < -0.3 is 14.6 Å². The summed E-state index contributed by atoms with van der Waals surface area (Å²) in [6, 6.07) is 7.68. The van der Waals surface area contributed by atoms with Gasteiger partial charge in [-0.25, -0.2) is 0 Å². The van der Waals surface area contributed by atoms with Crippen LogP contribution in [0.4, 0.5) is 0 Å². The van der Waals surface area contributed by atoms with Crippen molar-refractivity contribution < 1.29 is 14.6 Å². The van der Waals surface area contributed by atoms with Crippen molar-refractivity contribution in [2.75, 3.05) is 13.2 Å². The molecule has 1 unspecified atom stereocenters. The number of benzene rings is 1. The van der Waals surface area contributed by atoms with Crippen LogP contribution in [0, 0.1) is 0 Å². The maximum atomic E-state index is 9.87. The SMILES string of the molecule is CC[C@H](O)c1ccccc1OC1CCOC1. The second kappa shape index (κ2) is 5.32. The van der Waals surface area contributed by atoms with Crippen molar-refractivity contribution in [3.05, 3.63) is 29.8 Å². The van der Waals surface area contributed by atoms with Crippen molar-refractivity contribution in [2.45, 2.75) is 32.0 Å². The molecule has 0 spiro atoms. The van der Waals surface area contributed by atoms with Crippen LogP contribution in [0.15, 0.2) is 24.3 Å². The topological polar surface area (TPSA) is 38.7 Å². The normalized spacial score (nSPS) is 22.0. The lowest BCUT2D eigenvalue weighted by Crippen LogP contribution is -2.17. The Bertz CT molecular complexity index is 332. The lowest BCUT2D eigenvalue weighted by Gasteiger charge is -2.17. The van der Waals surface area contributed by atoms with Crippen molar-refractivity contribution in [3.8, 4) is 5.75 Å². The van der Waals surface area contributed by atoms with Crippen LogP contribution in [-0.2, 0) is 4.74 Å². The van der Waals surface area contributed by atoms with Gasteiger partial charge >= 0.3 is 0 Å². The Morgan fingerprint density at radius 1 is 1.50 bits per heavy atom. The number of ether oxygens (including phenoxy) is 2. The molecular weight excluding hydrogens is 204 g/mol. The molecule has 0 aliphatic carbocycles. The molecule has 0 saturated carbocycles. The summed E-state index contributed by atoms with van der Waals surface area (Å²) in [4.78, 5) is 0. The van der Waals surface area contributed by atoms with Gasteiger partial charge in [-0.2, -0.15) is 0 Å². The fraction of sp³-hybridized carbons (Fsp3) is 0.538. The third-order valence-electron chi connectivity index (χ3n) is 2.85. The number of rotatable bonds is 4. The zero-order valence-corrected chi connectivity index (χ0v) is 9.56. The van der Waals surface area contributed by atoms with Crippen LogP contribution in [0.1, 0.15) is 31.4 Å². The smallest absolute Gasteiger partial charge is 0.125 e. The van der Waals surface area contributed by atoms with Crippen LogP contribution < -0.4 is 4.74 Å². The minimum absolute atomic E-state index is 0.130. The first-order chi connectivity index (χ1) is 7.81. The first kappa shape index (κ1) is 11.4. The maximum Gasteiger partial charge on any atom is 0.125 e. The Kier molecular flexibility index (Phi) is 3.80. The van der Waals surface area contributed by atoms with Crippen molar-refractivity contribution in [2.24, 2.45) is 0 Å². The molecule has 0 bridgehead atoms. The van der Waals surface area contributed by atoms with Crippen molar-refractivity contribution in [1.82, 2.24) is 0 Å². The number of hydrogen-bond donors (Lipinski definition) is 1. The molecule has 1 saturated heterocycles. The number of para-hydroxylation sites is 1. The predicted octanol–water partition coefficient (Wildman–Crippen LogP) is 2.30. The van der Waals surface area contributed by atoms with Crippen LogP contribution in [0.3, 0.4) is 0 Å². The molecule has 3 heteroatoms. The third kappa shape index (κ3) is 2.54. The molecule has 1 fully saturated rings. The molecule has 1 aromatic rings. The van der Waals surface area contributed by atoms with E-state index < -0.39 is 6.10 Å². The molecule has 88 valence electrons. The van der Waals surface area contributed by atoms with Crippen LogP contribution in [0.2, 0.25) is 0 Å². The highest BCUT2D eigenvalue weighted by Gasteiger charge is 2.19. The molecular formula is C13H18O3. The van der Waals surface area contributed by atoms with Crippen LogP contribution in [0.5, 0.6) is 5.75 Å². The van der Waals surface area contributed by atoms with E-state index in [1.807, 2.05) is 31.2 Å². The Morgan fingerprint density at radius 3 is 3.00 bits per heavy atom. The second-order valence-corrected chi connectivity index (χ2v) is 4.07. The summed E-state index contributed by atoms with van der Waals surface area (Å²) in [5.41, 5.74) is 0.872. The van der Waals surface area contributed by atoms with Gasteiger partial charge in [0.15, 0.2) is 0 Å². The quantitative estimate of drug-likeness (QED) is 0.849. The number of aliphatic hydroxyl groups excluding tert-OH is 1. The van der Waals surface area contributed by atoms with Gasteiger partial charge in [-0.15, -0.1) is 0 Å². The molecule has 0 aromatic heterocycles. The van der Waals surface area contributed by atoms with Gasteiger partial charge in [-0.1, -0.05) is 25.1 Å². The molecule has 2 atom stereocenters. The Labute approximate surface area is 96.0 Å². The lowest BCUT2D eigenvalue weighted by molar-refractivity contribution is 0.131. The van der Waals surface area contributed by atoms with Crippen molar-refractivity contribution in [1.29, 1.82) is 0 Å². The summed E-state index contributed by atoms with van der Waals surface area (Å²) < 4.78 is 11.1. The fourth-order valence-electron chi connectivity index (χ4n) is 1.87. The minimum Gasteiger partial charge on any atom is -0.488 e. The molecule has 1 heterocycles. The lowest BCUT2D eigenvalue weighted by atomic mass is 10.1. The van der Waals surface area contributed by atoms with E-state index in [2.05, 4.69) is 0 Å². The van der Waals surface area contributed by atoms with E-state index in [4.69, 9.17) is 9.47 Å². The Morgan fingerprint density at radius 2 is 2.31 bits per heavy atom. The monoisotopic (exact) mass is 222 g/mol. The van der Waals surface area contributed by atoms with Gasteiger partial charge in [0, 0.05) is 12.0 Å². The second-order valence-electron chi connectivity index (χ2n) is 4.07. The van der Waals surface area contributed by atoms with Gasteiger partial charge in [0.2, 0.25) is 0 Å². The van der Waals surface area contributed by atoms with Crippen molar-refractivity contribution in [3.63, 3.8) is 0 Å². The zero-order chi connectivity index (χ0) is 11.4. The zero-order valence-electron chi connectivity index (χ0n) is 9.56. The Hall–Kier alpha value is -1.06. The highest BCUT2D eigenvalue weighted by molar-refractivity contribution is 5.35. The largest absolute Gasteiger partial charge is 0.488 e. The van der Waals surface area contributed by atoms with E-state index in [0.29, 0.717) is 13.0 Å². The molecule has 0 radical (unpaired) electrons. The molecule has 3 nitrogen and oxygen atoms in total. The average Bonchev–Trinajstić information content (AvgIpc) is 2.82. The molecule has 1 aliphatic heterocycles. The maximum absolute atomic E-state index is 9.87. The van der Waals surface area contributed by atoms with Gasteiger partial charge in [0.25, 0.3) is 0 Å². The van der Waals surface area contributed by atoms with E-state index in [-0.39, 0.29) is 6.10 Å². The predicted molar refractivity (Wildman–Crippen MR) is 61.5 cm³/mol.